The Balaban J connectivity index is 2.02. The van der Waals surface area contributed by atoms with E-state index < -0.39 is 11.6 Å². The van der Waals surface area contributed by atoms with E-state index >= 15 is 0 Å². The summed E-state index contributed by atoms with van der Waals surface area (Å²) in [6.45, 7) is 5.71. The fourth-order valence-corrected chi connectivity index (χ4v) is 3.22. The predicted octanol–water partition coefficient (Wildman–Crippen LogP) is 1.50. The summed E-state index contributed by atoms with van der Waals surface area (Å²) in [6.07, 6.45) is 5.55. The first-order valence-electron chi connectivity index (χ1n) is 7.80. The minimum Gasteiger partial charge on any atom is -0.338 e. The van der Waals surface area contributed by atoms with Crippen LogP contribution in [0.15, 0.2) is 0 Å². The number of nitrogens with zero attached hydrogens (tertiary/aromatic N) is 2. The van der Waals surface area contributed by atoms with E-state index in [-0.39, 0.29) is 24.4 Å². The monoisotopic (exact) mass is 295 g/mol. The molecule has 0 atom stereocenters. The van der Waals surface area contributed by atoms with Gasteiger partial charge in [0.15, 0.2) is 0 Å². The summed E-state index contributed by atoms with van der Waals surface area (Å²) in [6, 6.07) is -0.219. The highest BCUT2D eigenvalue weighted by Gasteiger charge is 2.45. The first-order valence-corrected chi connectivity index (χ1v) is 7.80. The topological polar surface area (TPSA) is 69.7 Å². The second kappa shape index (κ2) is 6.03. The van der Waals surface area contributed by atoms with Gasteiger partial charge in [0.2, 0.25) is 5.91 Å². The fraction of sp³-hybridized carbons (Fsp3) is 0.800. The van der Waals surface area contributed by atoms with Crippen molar-refractivity contribution in [1.82, 2.24) is 15.1 Å². The Labute approximate surface area is 125 Å². The number of hydrogen-bond donors (Lipinski definition) is 1. The van der Waals surface area contributed by atoms with Gasteiger partial charge in [0.1, 0.15) is 12.1 Å². The lowest BCUT2D eigenvalue weighted by molar-refractivity contribution is -0.140. The molecule has 0 aromatic carbocycles. The van der Waals surface area contributed by atoms with Crippen LogP contribution in [0, 0.1) is 0 Å². The molecule has 1 saturated carbocycles. The normalized spacial score (nSPS) is 22.3. The van der Waals surface area contributed by atoms with Crippen molar-refractivity contribution in [3.63, 3.8) is 0 Å². The third-order valence-corrected chi connectivity index (χ3v) is 4.41. The van der Waals surface area contributed by atoms with E-state index in [0.717, 1.165) is 30.6 Å². The van der Waals surface area contributed by atoms with Crippen LogP contribution in [0.2, 0.25) is 0 Å². The van der Waals surface area contributed by atoms with Crippen LogP contribution in [-0.4, -0.2) is 52.3 Å². The highest BCUT2D eigenvalue weighted by atomic mass is 16.2. The number of carbonyl (C=O) groups excluding carboxylic acids is 3. The molecule has 1 saturated heterocycles. The van der Waals surface area contributed by atoms with E-state index in [9.17, 15) is 14.4 Å². The average molecular weight is 295 g/mol. The Morgan fingerprint density at radius 2 is 1.90 bits per heavy atom. The van der Waals surface area contributed by atoms with E-state index in [1.54, 1.807) is 13.8 Å². The molecule has 2 rings (SSSR count). The van der Waals surface area contributed by atoms with Crippen LogP contribution in [0.25, 0.3) is 0 Å². The quantitative estimate of drug-likeness (QED) is 0.799. The zero-order chi connectivity index (χ0) is 15.6. The van der Waals surface area contributed by atoms with E-state index in [1.807, 2.05) is 11.8 Å². The van der Waals surface area contributed by atoms with Crippen molar-refractivity contribution in [3.8, 4) is 0 Å². The first kappa shape index (κ1) is 15.8. The molecule has 0 spiro atoms. The Kier molecular flexibility index (Phi) is 4.54. The van der Waals surface area contributed by atoms with Gasteiger partial charge in [0.25, 0.3) is 5.91 Å². The summed E-state index contributed by atoms with van der Waals surface area (Å²) in [5.41, 5.74) is -0.917. The van der Waals surface area contributed by atoms with Gasteiger partial charge in [-0.25, -0.2) is 4.79 Å². The summed E-state index contributed by atoms with van der Waals surface area (Å²) in [5.74, 6) is -0.467. The minimum absolute atomic E-state index is 0.134. The molecule has 0 unspecified atom stereocenters. The SMILES string of the molecule is CCN(C(=O)CN1C(=O)NC(C)(C)C1=O)C1CCCCC1. The maximum absolute atomic E-state index is 12.5. The second-order valence-corrected chi connectivity index (χ2v) is 6.42. The van der Waals surface area contributed by atoms with Gasteiger partial charge in [-0.1, -0.05) is 19.3 Å². The van der Waals surface area contributed by atoms with Crippen LogP contribution >= 0.6 is 0 Å². The molecule has 1 heterocycles. The summed E-state index contributed by atoms with van der Waals surface area (Å²) < 4.78 is 0. The molecule has 0 radical (unpaired) electrons. The Morgan fingerprint density at radius 1 is 1.29 bits per heavy atom. The number of carbonyl (C=O) groups is 3. The number of amides is 4. The molecule has 0 aromatic heterocycles. The molecule has 0 aromatic rings. The van der Waals surface area contributed by atoms with Crippen molar-refractivity contribution >= 4 is 17.8 Å². The Morgan fingerprint density at radius 3 is 2.38 bits per heavy atom. The number of rotatable bonds is 4. The van der Waals surface area contributed by atoms with Crippen molar-refractivity contribution in [2.45, 2.75) is 64.5 Å². The van der Waals surface area contributed by atoms with Gasteiger partial charge in [-0.3, -0.25) is 14.5 Å². The zero-order valence-corrected chi connectivity index (χ0v) is 13.1. The van der Waals surface area contributed by atoms with Gasteiger partial charge in [-0.2, -0.15) is 0 Å². The van der Waals surface area contributed by atoms with E-state index in [0.29, 0.717) is 6.54 Å². The number of imide groups is 1. The third-order valence-electron chi connectivity index (χ3n) is 4.41. The van der Waals surface area contributed by atoms with Gasteiger partial charge in [-0.15, -0.1) is 0 Å². The van der Waals surface area contributed by atoms with Gasteiger partial charge in [-0.05, 0) is 33.6 Å². The van der Waals surface area contributed by atoms with Gasteiger partial charge < -0.3 is 10.2 Å². The molecular formula is C15H25N3O3. The molecule has 2 fully saturated rings. The zero-order valence-electron chi connectivity index (χ0n) is 13.1. The molecule has 1 aliphatic carbocycles. The molecule has 4 amide bonds. The van der Waals surface area contributed by atoms with Crippen molar-refractivity contribution in [2.24, 2.45) is 0 Å². The molecule has 6 nitrogen and oxygen atoms in total. The molecule has 0 bridgehead atoms. The van der Waals surface area contributed by atoms with Crippen LogP contribution in [0.4, 0.5) is 4.79 Å². The number of nitrogens with one attached hydrogen (secondary N) is 1. The standard InChI is InChI=1S/C15H25N3O3/c1-4-17(11-8-6-5-7-9-11)12(19)10-18-13(20)15(2,3)16-14(18)21/h11H,4-10H2,1-3H3,(H,16,21). The van der Waals surface area contributed by atoms with E-state index in [4.69, 9.17) is 0 Å². The minimum atomic E-state index is -0.917. The van der Waals surface area contributed by atoms with Crippen molar-refractivity contribution in [1.29, 1.82) is 0 Å². The molecule has 1 aliphatic heterocycles. The molecule has 1 N–H and O–H groups in total. The molecule has 21 heavy (non-hydrogen) atoms. The highest BCUT2D eigenvalue weighted by Crippen LogP contribution is 2.23. The van der Waals surface area contributed by atoms with Crippen LogP contribution in [0.3, 0.4) is 0 Å². The fourth-order valence-electron chi connectivity index (χ4n) is 3.22. The second-order valence-electron chi connectivity index (χ2n) is 6.42. The number of hydrogen-bond acceptors (Lipinski definition) is 3. The molecule has 6 heteroatoms. The largest absolute Gasteiger partial charge is 0.338 e. The summed E-state index contributed by atoms with van der Waals surface area (Å²) >= 11 is 0. The lowest BCUT2D eigenvalue weighted by Crippen LogP contribution is -2.48. The summed E-state index contributed by atoms with van der Waals surface area (Å²) in [4.78, 5) is 39.3. The molecule has 2 aliphatic rings. The number of urea groups is 1. The average Bonchev–Trinajstić information content (AvgIpc) is 2.63. The first-order chi connectivity index (χ1) is 9.86. The molecule has 118 valence electrons. The van der Waals surface area contributed by atoms with E-state index in [2.05, 4.69) is 5.32 Å². The van der Waals surface area contributed by atoms with Crippen LogP contribution in [-0.2, 0) is 9.59 Å². The van der Waals surface area contributed by atoms with Crippen LogP contribution in [0.1, 0.15) is 52.9 Å². The Bertz CT molecular complexity index is 441. The Hall–Kier alpha value is -1.59. The van der Waals surface area contributed by atoms with Crippen LogP contribution in [0.5, 0.6) is 0 Å². The van der Waals surface area contributed by atoms with Gasteiger partial charge >= 0.3 is 6.03 Å². The van der Waals surface area contributed by atoms with E-state index in [1.165, 1.54) is 6.42 Å². The lowest BCUT2D eigenvalue weighted by Gasteiger charge is -2.34. The van der Waals surface area contributed by atoms with Gasteiger partial charge in [0.05, 0.1) is 0 Å². The van der Waals surface area contributed by atoms with Crippen molar-refractivity contribution in [3.05, 3.63) is 0 Å². The number of likely N-dealkylation sites (N-methyl/N-ethyl adjacent to an activating group) is 1. The highest BCUT2D eigenvalue weighted by molar-refractivity contribution is 6.08. The maximum atomic E-state index is 12.5. The predicted molar refractivity (Wildman–Crippen MR) is 78.6 cm³/mol. The smallest absolute Gasteiger partial charge is 0.325 e. The summed E-state index contributed by atoms with van der Waals surface area (Å²) in [7, 11) is 0. The van der Waals surface area contributed by atoms with Crippen LogP contribution < -0.4 is 5.32 Å². The maximum Gasteiger partial charge on any atom is 0.325 e. The van der Waals surface area contributed by atoms with Crippen molar-refractivity contribution in [2.75, 3.05) is 13.1 Å². The van der Waals surface area contributed by atoms with Crippen molar-refractivity contribution < 1.29 is 14.4 Å². The van der Waals surface area contributed by atoms with Gasteiger partial charge in [0, 0.05) is 12.6 Å². The third kappa shape index (κ3) is 3.19. The molecular weight excluding hydrogens is 270 g/mol. The summed E-state index contributed by atoms with van der Waals surface area (Å²) in [5, 5.41) is 2.60. The lowest BCUT2D eigenvalue weighted by atomic mass is 9.94.